The van der Waals surface area contributed by atoms with Crippen LogP contribution in [0.1, 0.15) is 30.5 Å². The van der Waals surface area contributed by atoms with Crippen molar-refractivity contribution in [2.45, 2.75) is 25.8 Å². The number of aryl methyl sites for hydroxylation is 1. The summed E-state index contributed by atoms with van der Waals surface area (Å²) < 4.78 is 16.4. The van der Waals surface area contributed by atoms with Crippen LogP contribution in [-0.2, 0) is 16.1 Å². The minimum atomic E-state index is -1.08. The molecule has 3 aromatic rings. The quantitative estimate of drug-likeness (QED) is 0.718. The van der Waals surface area contributed by atoms with Crippen LogP contribution in [0.4, 0.5) is 10.2 Å². The Kier molecular flexibility index (Phi) is 4.88. The first kappa shape index (κ1) is 18.9. The first-order valence-corrected chi connectivity index (χ1v) is 9.39. The fraction of sp³-hybridized carbons (Fsp3) is 0.227. The van der Waals surface area contributed by atoms with Crippen molar-refractivity contribution in [2.24, 2.45) is 0 Å². The van der Waals surface area contributed by atoms with E-state index < -0.39 is 12.5 Å². The van der Waals surface area contributed by atoms with Crippen molar-refractivity contribution >= 4 is 17.7 Å². The van der Waals surface area contributed by atoms with Crippen molar-refractivity contribution in [1.29, 1.82) is 0 Å². The lowest BCUT2D eigenvalue weighted by Crippen LogP contribution is -2.40. The van der Waals surface area contributed by atoms with Gasteiger partial charge >= 0.3 is 5.97 Å². The van der Waals surface area contributed by atoms with E-state index >= 15 is 0 Å². The van der Waals surface area contributed by atoms with Crippen LogP contribution in [-0.4, -0.2) is 33.3 Å². The highest BCUT2D eigenvalue weighted by Crippen LogP contribution is 2.32. The highest BCUT2D eigenvalue weighted by molar-refractivity contribution is 5.97. The zero-order valence-electron chi connectivity index (χ0n) is 15.9. The first-order valence-electron chi connectivity index (χ1n) is 9.39. The van der Waals surface area contributed by atoms with Crippen LogP contribution in [0.15, 0.2) is 54.6 Å². The van der Waals surface area contributed by atoms with E-state index in [1.54, 1.807) is 16.8 Å². The van der Waals surface area contributed by atoms with E-state index in [1.165, 1.54) is 11.0 Å². The van der Waals surface area contributed by atoms with Gasteiger partial charge in [-0.3, -0.25) is 14.5 Å². The van der Waals surface area contributed by atoms with Gasteiger partial charge in [-0.05, 0) is 17.2 Å². The van der Waals surface area contributed by atoms with Crippen LogP contribution in [0.3, 0.4) is 0 Å². The Bertz CT molecular complexity index is 1080. The molecular weight excluding hydrogens is 373 g/mol. The number of fused-ring (bicyclic) bond motifs is 1. The molecule has 1 N–H and O–H groups in total. The van der Waals surface area contributed by atoms with E-state index in [1.807, 2.05) is 43.3 Å². The van der Waals surface area contributed by atoms with Crippen molar-refractivity contribution in [2.75, 3.05) is 11.4 Å². The van der Waals surface area contributed by atoms with Gasteiger partial charge in [0.1, 0.15) is 18.2 Å². The number of aliphatic carboxylic acids is 1. The summed E-state index contributed by atoms with van der Waals surface area (Å²) in [4.78, 5) is 24.5. The molecule has 7 heteroatoms. The minimum absolute atomic E-state index is 0.205. The molecule has 2 heterocycles. The summed E-state index contributed by atoms with van der Waals surface area (Å²) in [5, 5.41) is 13.6. The van der Waals surface area contributed by atoms with Crippen LogP contribution in [0.2, 0.25) is 0 Å². The molecule has 29 heavy (non-hydrogen) atoms. The summed E-state index contributed by atoms with van der Waals surface area (Å²) in [6, 6.07) is 16.2. The molecule has 0 saturated heterocycles. The molecule has 0 saturated carbocycles. The van der Waals surface area contributed by atoms with E-state index in [2.05, 4.69) is 5.10 Å². The maximum atomic E-state index is 14.8. The van der Waals surface area contributed by atoms with Crippen LogP contribution in [0.25, 0.3) is 11.1 Å². The number of aromatic nitrogens is 2. The molecule has 4 rings (SSSR count). The second-order valence-electron chi connectivity index (χ2n) is 7.10. The number of amides is 1. The normalized spacial score (nSPS) is 14.6. The number of carboxylic acid groups (broad SMARTS) is 1. The highest BCUT2D eigenvalue weighted by Gasteiger charge is 2.29. The molecule has 1 unspecified atom stereocenters. The predicted molar refractivity (Wildman–Crippen MR) is 106 cm³/mol. The number of halogens is 1. The summed E-state index contributed by atoms with van der Waals surface area (Å²) in [6.45, 7) is 1.91. The van der Waals surface area contributed by atoms with E-state index in [0.717, 1.165) is 11.1 Å². The largest absolute Gasteiger partial charge is 0.480 e. The highest BCUT2D eigenvalue weighted by atomic mass is 19.1. The van der Waals surface area contributed by atoms with Gasteiger partial charge in [-0.2, -0.15) is 5.10 Å². The third-order valence-electron chi connectivity index (χ3n) is 5.21. The Balaban J connectivity index is 1.64. The molecule has 1 aliphatic rings. The molecular formula is C22H20FN3O3. The fourth-order valence-electron chi connectivity index (χ4n) is 3.61. The molecule has 0 radical (unpaired) electrons. The van der Waals surface area contributed by atoms with Gasteiger partial charge in [-0.1, -0.05) is 49.4 Å². The number of anilines is 1. The van der Waals surface area contributed by atoms with E-state index in [4.69, 9.17) is 5.11 Å². The summed E-state index contributed by atoms with van der Waals surface area (Å²) in [7, 11) is 0. The third-order valence-corrected chi connectivity index (χ3v) is 5.21. The van der Waals surface area contributed by atoms with E-state index in [9.17, 15) is 14.0 Å². The molecule has 1 aromatic heterocycles. The Hall–Kier alpha value is -3.48. The third kappa shape index (κ3) is 3.63. The van der Waals surface area contributed by atoms with Gasteiger partial charge in [0.05, 0.1) is 12.2 Å². The molecule has 1 amide bonds. The Morgan fingerprint density at radius 3 is 2.66 bits per heavy atom. The van der Waals surface area contributed by atoms with E-state index in [0.29, 0.717) is 23.6 Å². The average Bonchev–Trinajstić information content (AvgIpc) is 3.14. The fourth-order valence-corrected chi connectivity index (χ4v) is 3.61. The summed E-state index contributed by atoms with van der Waals surface area (Å²) in [5.74, 6) is -1.38. The van der Waals surface area contributed by atoms with Crippen LogP contribution < -0.4 is 4.90 Å². The Labute approximate surface area is 167 Å². The predicted octanol–water partition coefficient (Wildman–Crippen LogP) is 3.66. The number of benzene rings is 2. The number of nitrogens with zero attached hydrogens (tertiary/aromatic N) is 3. The van der Waals surface area contributed by atoms with Crippen LogP contribution >= 0.6 is 0 Å². The SMILES string of the molecule is CC(c1ccc(-c2ccccc2)c(F)c1)c1cc2n(n1)CCC(=O)N2CC(=O)O. The molecule has 2 aromatic carbocycles. The van der Waals surface area contributed by atoms with Gasteiger partial charge in [0.2, 0.25) is 5.91 Å². The average molecular weight is 393 g/mol. The van der Waals surface area contributed by atoms with Crippen LogP contribution in [0.5, 0.6) is 0 Å². The number of rotatable bonds is 5. The van der Waals surface area contributed by atoms with Crippen molar-refractivity contribution in [1.82, 2.24) is 9.78 Å². The number of hydrogen-bond acceptors (Lipinski definition) is 3. The van der Waals surface area contributed by atoms with Crippen molar-refractivity contribution in [3.8, 4) is 11.1 Å². The number of hydrogen-bond donors (Lipinski definition) is 1. The van der Waals surface area contributed by atoms with Crippen molar-refractivity contribution in [3.05, 3.63) is 71.7 Å². The lowest BCUT2D eigenvalue weighted by molar-refractivity contribution is -0.136. The second kappa shape index (κ2) is 7.50. The van der Waals surface area contributed by atoms with E-state index in [-0.39, 0.29) is 24.1 Å². The van der Waals surface area contributed by atoms with Gasteiger partial charge < -0.3 is 5.11 Å². The van der Waals surface area contributed by atoms with Crippen molar-refractivity contribution in [3.63, 3.8) is 0 Å². The van der Waals surface area contributed by atoms with Gasteiger partial charge in [0, 0.05) is 24.0 Å². The maximum Gasteiger partial charge on any atom is 0.323 e. The van der Waals surface area contributed by atoms with Gasteiger partial charge in [0.25, 0.3) is 0 Å². The molecule has 1 aliphatic heterocycles. The molecule has 148 valence electrons. The Morgan fingerprint density at radius 1 is 1.21 bits per heavy atom. The monoisotopic (exact) mass is 393 g/mol. The molecule has 6 nitrogen and oxygen atoms in total. The molecule has 0 bridgehead atoms. The molecule has 0 aliphatic carbocycles. The molecule has 0 spiro atoms. The standard InChI is InChI=1S/C22H20FN3O3/c1-14(16-7-8-17(18(23)11-16)15-5-3-2-4-6-15)19-12-20-25(13-22(28)29)21(27)9-10-26(20)24-19/h2-8,11-12,14H,9-10,13H2,1H3,(H,28,29). The topological polar surface area (TPSA) is 75.4 Å². The van der Waals surface area contributed by atoms with Crippen molar-refractivity contribution < 1.29 is 19.1 Å². The summed E-state index contributed by atoms with van der Waals surface area (Å²) >= 11 is 0. The lowest BCUT2D eigenvalue weighted by atomic mass is 9.95. The lowest BCUT2D eigenvalue weighted by Gasteiger charge is -2.25. The van der Waals surface area contributed by atoms with Gasteiger partial charge in [0.15, 0.2) is 0 Å². The zero-order valence-corrected chi connectivity index (χ0v) is 15.9. The van der Waals surface area contributed by atoms with Gasteiger partial charge in [-0.15, -0.1) is 0 Å². The molecule has 1 atom stereocenters. The minimum Gasteiger partial charge on any atom is -0.480 e. The first-order chi connectivity index (χ1) is 13.9. The number of carboxylic acids is 1. The van der Waals surface area contributed by atoms with Crippen LogP contribution in [0, 0.1) is 5.82 Å². The molecule has 0 fully saturated rings. The summed E-state index contributed by atoms with van der Waals surface area (Å²) in [6.07, 6.45) is 0.205. The second-order valence-corrected chi connectivity index (χ2v) is 7.10. The number of carbonyl (C=O) groups excluding carboxylic acids is 1. The zero-order chi connectivity index (χ0) is 20.5. The number of carbonyl (C=O) groups is 2. The van der Waals surface area contributed by atoms with Gasteiger partial charge in [-0.25, -0.2) is 9.07 Å². The summed E-state index contributed by atoms with van der Waals surface area (Å²) in [5.41, 5.74) is 2.76. The maximum absolute atomic E-state index is 14.8. The Morgan fingerprint density at radius 2 is 1.97 bits per heavy atom. The smallest absolute Gasteiger partial charge is 0.323 e.